The predicted molar refractivity (Wildman–Crippen MR) is 78.0 cm³/mol. The molecule has 1 unspecified atom stereocenters. The molecule has 0 spiro atoms. The molecular weight excluding hydrogens is 236 g/mol. The van der Waals surface area contributed by atoms with E-state index in [4.69, 9.17) is 11.5 Å². The zero-order chi connectivity index (χ0) is 13.8. The molecule has 0 bridgehead atoms. The van der Waals surface area contributed by atoms with Gasteiger partial charge in [0.1, 0.15) is 0 Å². The number of carbonyl (C=O) groups excluding carboxylic acids is 1. The average Bonchev–Trinajstić information content (AvgIpc) is 2.39. The van der Waals surface area contributed by atoms with Crippen LogP contribution in [0.3, 0.4) is 0 Å². The number of Topliss-reactive ketones (excluding diaryl/α,β-unsaturated/α-hetero) is 1. The van der Waals surface area contributed by atoms with Gasteiger partial charge in [-0.15, -0.1) is 0 Å². The van der Waals surface area contributed by atoms with Gasteiger partial charge in [0.2, 0.25) is 0 Å². The van der Waals surface area contributed by atoms with Crippen LogP contribution in [0.5, 0.6) is 0 Å². The van der Waals surface area contributed by atoms with Crippen LogP contribution in [0, 0.1) is 6.92 Å². The quantitative estimate of drug-likeness (QED) is 0.650. The van der Waals surface area contributed by atoms with Gasteiger partial charge >= 0.3 is 0 Å². The van der Waals surface area contributed by atoms with Crippen molar-refractivity contribution in [2.24, 2.45) is 5.73 Å². The molecule has 0 aromatic heterocycles. The molecule has 3 heteroatoms. The molecule has 2 aromatic rings. The first kappa shape index (κ1) is 13.3. The van der Waals surface area contributed by atoms with Crippen molar-refractivity contribution in [3.63, 3.8) is 0 Å². The summed E-state index contributed by atoms with van der Waals surface area (Å²) in [4.78, 5) is 12.4. The van der Waals surface area contributed by atoms with E-state index in [9.17, 15) is 4.79 Å². The number of carbonyl (C=O) groups is 1. The molecule has 0 fully saturated rings. The van der Waals surface area contributed by atoms with Crippen molar-refractivity contribution in [2.45, 2.75) is 19.4 Å². The normalized spacial score (nSPS) is 12.1. The minimum absolute atomic E-state index is 0.0977. The molecule has 4 N–H and O–H groups in total. The summed E-state index contributed by atoms with van der Waals surface area (Å²) in [5.41, 5.74) is 14.9. The average molecular weight is 254 g/mol. The molecule has 0 aliphatic heterocycles. The molecule has 0 aliphatic carbocycles. The van der Waals surface area contributed by atoms with E-state index >= 15 is 0 Å². The van der Waals surface area contributed by atoms with Gasteiger partial charge in [-0.25, -0.2) is 0 Å². The Balaban J connectivity index is 2.20. The number of ketones is 1. The second-order valence-electron chi connectivity index (χ2n) is 4.70. The molecule has 0 radical (unpaired) electrons. The maximum absolute atomic E-state index is 12.4. The maximum Gasteiger partial charge on any atom is 0.182 e. The monoisotopic (exact) mass is 254 g/mol. The van der Waals surface area contributed by atoms with Crippen molar-refractivity contribution in [3.8, 4) is 0 Å². The van der Waals surface area contributed by atoms with E-state index in [1.807, 2.05) is 49.4 Å². The number of nitrogens with two attached hydrogens (primary N) is 2. The van der Waals surface area contributed by atoms with Gasteiger partial charge < -0.3 is 11.5 Å². The topological polar surface area (TPSA) is 69.1 Å². The zero-order valence-electron chi connectivity index (χ0n) is 11.0. The molecule has 98 valence electrons. The van der Waals surface area contributed by atoms with Crippen LogP contribution >= 0.6 is 0 Å². The number of nitrogen functional groups attached to an aromatic ring is 1. The lowest BCUT2D eigenvalue weighted by Crippen LogP contribution is -2.33. The predicted octanol–water partition coefficient (Wildman–Crippen LogP) is 2.33. The second-order valence-corrected chi connectivity index (χ2v) is 4.70. The third kappa shape index (κ3) is 3.01. The van der Waals surface area contributed by atoms with Crippen molar-refractivity contribution in [1.29, 1.82) is 0 Å². The fourth-order valence-electron chi connectivity index (χ4n) is 2.17. The van der Waals surface area contributed by atoms with Crippen molar-refractivity contribution >= 4 is 11.5 Å². The summed E-state index contributed by atoms with van der Waals surface area (Å²) >= 11 is 0. The first-order valence-electron chi connectivity index (χ1n) is 6.28. The fourth-order valence-corrected chi connectivity index (χ4v) is 2.17. The lowest BCUT2D eigenvalue weighted by molar-refractivity contribution is 0.0961. The SMILES string of the molecule is Cc1cccc(N)c1C(=O)C(N)Cc1ccccc1. The molecule has 19 heavy (non-hydrogen) atoms. The molecule has 3 nitrogen and oxygen atoms in total. The van der Waals surface area contributed by atoms with Crippen LogP contribution in [0.4, 0.5) is 5.69 Å². The summed E-state index contributed by atoms with van der Waals surface area (Å²) in [6.45, 7) is 1.87. The van der Waals surface area contributed by atoms with Gasteiger partial charge in [-0.05, 0) is 30.5 Å². The van der Waals surface area contributed by atoms with E-state index in [0.29, 0.717) is 17.7 Å². The smallest absolute Gasteiger partial charge is 0.182 e. The Bertz CT molecular complexity index is 558. The first-order valence-corrected chi connectivity index (χ1v) is 6.28. The first-order chi connectivity index (χ1) is 9.09. The summed E-state index contributed by atoms with van der Waals surface area (Å²) in [5, 5.41) is 0. The summed E-state index contributed by atoms with van der Waals surface area (Å²) in [6, 6.07) is 14.6. The highest BCUT2D eigenvalue weighted by atomic mass is 16.1. The Morgan fingerprint density at radius 3 is 2.42 bits per heavy atom. The van der Waals surface area contributed by atoms with Crippen LogP contribution in [0.1, 0.15) is 21.5 Å². The molecule has 2 rings (SSSR count). The highest BCUT2D eigenvalue weighted by Gasteiger charge is 2.20. The Morgan fingerprint density at radius 2 is 1.79 bits per heavy atom. The minimum Gasteiger partial charge on any atom is -0.398 e. The molecule has 0 saturated heterocycles. The number of hydrogen-bond acceptors (Lipinski definition) is 3. The van der Waals surface area contributed by atoms with Crippen LogP contribution < -0.4 is 11.5 Å². The summed E-state index contributed by atoms with van der Waals surface area (Å²) < 4.78 is 0. The summed E-state index contributed by atoms with van der Waals surface area (Å²) in [7, 11) is 0. The number of aryl methyl sites for hydroxylation is 1. The Morgan fingerprint density at radius 1 is 1.11 bits per heavy atom. The molecule has 1 atom stereocenters. The maximum atomic E-state index is 12.4. The van der Waals surface area contributed by atoms with Gasteiger partial charge in [0.15, 0.2) is 5.78 Å². The van der Waals surface area contributed by atoms with Gasteiger partial charge in [0.05, 0.1) is 6.04 Å². The molecule has 0 aliphatic rings. The Kier molecular flexibility index (Phi) is 3.97. The zero-order valence-corrected chi connectivity index (χ0v) is 11.0. The van der Waals surface area contributed by atoms with Crippen LogP contribution in [0.15, 0.2) is 48.5 Å². The van der Waals surface area contributed by atoms with Crippen molar-refractivity contribution in [3.05, 3.63) is 65.2 Å². The third-order valence-corrected chi connectivity index (χ3v) is 3.19. The number of benzene rings is 2. The van der Waals surface area contributed by atoms with Gasteiger partial charge in [0, 0.05) is 11.3 Å². The van der Waals surface area contributed by atoms with Crippen molar-refractivity contribution < 1.29 is 4.79 Å². The second kappa shape index (κ2) is 5.67. The van der Waals surface area contributed by atoms with Crippen LogP contribution in [0.2, 0.25) is 0 Å². The minimum atomic E-state index is -0.564. The van der Waals surface area contributed by atoms with Gasteiger partial charge in [-0.1, -0.05) is 42.5 Å². The van der Waals surface area contributed by atoms with E-state index in [0.717, 1.165) is 11.1 Å². The van der Waals surface area contributed by atoms with Gasteiger partial charge in [-0.3, -0.25) is 4.79 Å². The standard InChI is InChI=1S/C16H18N2O/c1-11-6-5-9-13(17)15(11)16(19)14(18)10-12-7-3-2-4-8-12/h2-9,14H,10,17-18H2,1H3. The van der Waals surface area contributed by atoms with E-state index < -0.39 is 6.04 Å². The van der Waals surface area contributed by atoms with E-state index in [1.54, 1.807) is 6.07 Å². The van der Waals surface area contributed by atoms with Crippen molar-refractivity contribution in [2.75, 3.05) is 5.73 Å². The van der Waals surface area contributed by atoms with Crippen LogP contribution in [0.25, 0.3) is 0 Å². The Labute approximate surface area is 113 Å². The van der Waals surface area contributed by atoms with Crippen LogP contribution in [-0.2, 0) is 6.42 Å². The van der Waals surface area contributed by atoms with Crippen molar-refractivity contribution in [1.82, 2.24) is 0 Å². The van der Waals surface area contributed by atoms with Gasteiger partial charge in [-0.2, -0.15) is 0 Å². The summed E-state index contributed by atoms with van der Waals surface area (Å²) in [5.74, 6) is -0.0977. The highest BCUT2D eigenvalue weighted by Crippen LogP contribution is 2.19. The van der Waals surface area contributed by atoms with E-state index in [-0.39, 0.29) is 5.78 Å². The Hall–Kier alpha value is -2.13. The van der Waals surface area contributed by atoms with E-state index in [2.05, 4.69) is 0 Å². The molecule has 0 amide bonds. The largest absolute Gasteiger partial charge is 0.398 e. The molecular formula is C16H18N2O. The lowest BCUT2D eigenvalue weighted by atomic mass is 9.94. The fraction of sp³-hybridized carbons (Fsp3) is 0.188. The van der Waals surface area contributed by atoms with Gasteiger partial charge in [0.25, 0.3) is 0 Å². The highest BCUT2D eigenvalue weighted by molar-refractivity contribution is 6.05. The molecule has 2 aromatic carbocycles. The number of rotatable bonds is 4. The van der Waals surface area contributed by atoms with E-state index in [1.165, 1.54) is 0 Å². The lowest BCUT2D eigenvalue weighted by Gasteiger charge is -2.14. The molecule has 0 heterocycles. The molecule has 0 saturated carbocycles. The number of anilines is 1. The third-order valence-electron chi connectivity index (χ3n) is 3.19. The number of hydrogen-bond donors (Lipinski definition) is 2. The van der Waals surface area contributed by atoms with Crippen LogP contribution in [-0.4, -0.2) is 11.8 Å². The summed E-state index contributed by atoms with van der Waals surface area (Å²) in [6.07, 6.45) is 0.521.